The highest BCUT2D eigenvalue weighted by atomic mass is 32.2. The number of aliphatic carboxylic acids is 1. The second-order valence-electron chi connectivity index (χ2n) is 3.62. The van der Waals surface area contributed by atoms with Crippen molar-refractivity contribution in [1.82, 2.24) is 10.0 Å². The predicted octanol–water partition coefficient (Wildman–Crippen LogP) is -0.230. The molecule has 96 valence electrons. The fourth-order valence-electron chi connectivity index (χ4n) is 1.12. The molecule has 0 amide bonds. The number of hydrogen-bond donors (Lipinski definition) is 3. The minimum Gasteiger partial charge on any atom is -0.481 e. The monoisotopic (exact) mass is 252 g/mol. The van der Waals surface area contributed by atoms with Gasteiger partial charge in [-0.2, -0.15) is 0 Å². The molecular weight excluding hydrogens is 232 g/mol. The summed E-state index contributed by atoms with van der Waals surface area (Å²) < 4.78 is 23.8. The summed E-state index contributed by atoms with van der Waals surface area (Å²) in [7, 11) is -3.08. The molecular formula is C9H20N2O4S. The zero-order valence-corrected chi connectivity index (χ0v) is 10.3. The highest BCUT2D eigenvalue weighted by Gasteiger charge is 1.98. The van der Waals surface area contributed by atoms with E-state index < -0.39 is 16.0 Å². The molecule has 0 aliphatic rings. The Morgan fingerprint density at radius 2 is 1.75 bits per heavy atom. The Morgan fingerprint density at radius 1 is 1.12 bits per heavy atom. The van der Waals surface area contributed by atoms with Crippen LogP contribution >= 0.6 is 0 Å². The van der Waals surface area contributed by atoms with Crippen molar-refractivity contribution in [1.29, 1.82) is 0 Å². The number of rotatable bonds is 10. The van der Waals surface area contributed by atoms with Crippen molar-refractivity contribution in [2.75, 3.05) is 25.9 Å². The van der Waals surface area contributed by atoms with Crippen molar-refractivity contribution in [3.05, 3.63) is 0 Å². The number of sulfonamides is 1. The fourth-order valence-corrected chi connectivity index (χ4v) is 1.64. The molecule has 0 atom stereocenters. The summed E-state index contributed by atoms with van der Waals surface area (Å²) >= 11 is 0. The Balaban J connectivity index is 3.13. The van der Waals surface area contributed by atoms with Crippen molar-refractivity contribution in [3.63, 3.8) is 0 Å². The molecule has 0 aliphatic heterocycles. The molecule has 7 heteroatoms. The lowest BCUT2D eigenvalue weighted by Crippen LogP contribution is -2.26. The molecule has 0 heterocycles. The molecule has 16 heavy (non-hydrogen) atoms. The maximum absolute atomic E-state index is 10.7. The van der Waals surface area contributed by atoms with Gasteiger partial charge in [0.25, 0.3) is 0 Å². The smallest absolute Gasteiger partial charge is 0.303 e. The Kier molecular flexibility index (Phi) is 8.14. The second kappa shape index (κ2) is 8.49. The zero-order valence-electron chi connectivity index (χ0n) is 9.53. The zero-order chi connectivity index (χ0) is 12.4. The molecule has 0 aromatic heterocycles. The van der Waals surface area contributed by atoms with E-state index in [1.54, 1.807) is 0 Å². The molecule has 0 aromatic carbocycles. The van der Waals surface area contributed by atoms with E-state index in [-0.39, 0.29) is 6.42 Å². The Hall–Kier alpha value is -0.660. The van der Waals surface area contributed by atoms with Gasteiger partial charge in [-0.25, -0.2) is 13.1 Å². The highest BCUT2D eigenvalue weighted by molar-refractivity contribution is 7.88. The molecule has 3 N–H and O–H groups in total. The molecule has 0 unspecified atom stereocenters. The highest BCUT2D eigenvalue weighted by Crippen LogP contribution is 1.93. The number of carboxylic acids is 1. The van der Waals surface area contributed by atoms with E-state index in [1.807, 2.05) is 0 Å². The van der Waals surface area contributed by atoms with Crippen LogP contribution in [0.2, 0.25) is 0 Å². The van der Waals surface area contributed by atoms with E-state index in [0.717, 1.165) is 32.2 Å². The van der Waals surface area contributed by atoms with Crippen LogP contribution in [0.4, 0.5) is 0 Å². The first-order valence-electron chi connectivity index (χ1n) is 5.29. The van der Waals surface area contributed by atoms with Crippen molar-refractivity contribution < 1.29 is 18.3 Å². The number of carboxylic acid groups (broad SMARTS) is 1. The Bertz CT molecular complexity index is 290. The van der Waals surface area contributed by atoms with Gasteiger partial charge in [0.05, 0.1) is 6.26 Å². The molecule has 0 aromatic rings. The molecule has 6 nitrogen and oxygen atoms in total. The van der Waals surface area contributed by atoms with Crippen LogP contribution in [-0.4, -0.2) is 45.4 Å². The van der Waals surface area contributed by atoms with Crippen molar-refractivity contribution in [3.8, 4) is 0 Å². The molecule has 0 aliphatic carbocycles. The average Bonchev–Trinajstić information content (AvgIpc) is 2.13. The maximum Gasteiger partial charge on any atom is 0.303 e. The van der Waals surface area contributed by atoms with Crippen LogP contribution in [0.25, 0.3) is 0 Å². The Morgan fingerprint density at radius 3 is 2.31 bits per heavy atom. The van der Waals surface area contributed by atoms with Crippen molar-refractivity contribution in [2.24, 2.45) is 0 Å². The van der Waals surface area contributed by atoms with Gasteiger partial charge in [-0.1, -0.05) is 0 Å². The Labute approximate surface area is 96.5 Å². The predicted molar refractivity (Wildman–Crippen MR) is 61.8 cm³/mol. The van der Waals surface area contributed by atoms with Gasteiger partial charge in [-0.3, -0.25) is 4.79 Å². The van der Waals surface area contributed by atoms with Crippen LogP contribution in [0.1, 0.15) is 25.7 Å². The molecule has 0 rings (SSSR count). The summed E-state index contributed by atoms with van der Waals surface area (Å²) in [5.41, 5.74) is 0. The minimum atomic E-state index is -3.08. The lowest BCUT2D eigenvalue weighted by molar-refractivity contribution is -0.137. The van der Waals surface area contributed by atoms with Gasteiger partial charge in [0.2, 0.25) is 10.0 Å². The van der Waals surface area contributed by atoms with Gasteiger partial charge < -0.3 is 10.4 Å². The third kappa shape index (κ3) is 13.3. The van der Waals surface area contributed by atoms with Gasteiger partial charge in [0.1, 0.15) is 0 Å². The summed E-state index contributed by atoms with van der Waals surface area (Å²) in [6, 6.07) is 0. The van der Waals surface area contributed by atoms with Crippen LogP contribution in [0, 0.1) is 0 Å². The lowest BCUT2D eigenvalue weighted by Gasteiger charge is -2.04. The van der Waals surface area contributed by atoms with Gasteiger partial charge in [0, 0.05) is 13.0 Å². The third-order valence-corrected chi connectivity index (χ3v) is 2.62. The molecule has 0 saturated heterocycles. The lowest BCUT2D eigenvalue weighted by atomic mass is 10.2. The normalized spacial score (nSPS) is 11.6. The summed E-state index contributed by atoms with van der Waals surface area (Å²) in [4.78, 5) is 10.2. The van der Waals surface area contributed by atoms with Crippen molar-refractivity contribution >= 4 is 16.0 Å². The SMILES string of the molecule is CS(=O)(=O)NCCCNCCCCC(=O)O. The molecule has 0 radical (unpaired) electrons. The number of unbranched alkanes of at least 4 members (excludes halogenated alkanes) is 1. The largest absolute Gasteiger partial charge is 0.481 e. The van der Waals surface area contributed by atoms with Crippen LogP contribution in [0.5, 0.6) is 0 Å². The van der Waals surface area contributed by atoms with E-state index >= 15 is 0 Å². The fraction of sp³-hybridized carbons (Fsp3) is 0.889. The van der Waals surface area contributed by atoms with Gasteiger partial charge in [-0.15, -0.1) is 0 Å². The molecule has 0 bridgehead atoms. The average molecular weight is 252 g/mol. The summed E-state index contributed by atoms with van der Waals surface area (Å²) in [5, 5.41) is 11.5. The second-order valence-corrected chi connectivity index (χ2v) is 5.45. The van der Waals surface area contributed by atoms with E-state index in [4.69, 9.17) is 5.11 Å². The first kappa shape index (κ1) is 15.3. The van der Waals surface area contributed by atoms with Crippen LogP contribution in [0.3, 0.4) is 0 Å². The van der Waals surface area contributed by atoms with Gasteiger partial charge >= 0.3 is 5.97 Å². The van der Waals surface area contributed by atoms with Crippen molar-refractivity contribution in [2.45, 2.75) is 25.7 Å². The summed E-state index contributed by atoms with van der Waals surface area (Å²) in [6.07, 6.45) is 3.56. The topological polar surface area (TPSA) is 95.5 Å². The number of carbonyl (C=O) groups is 1. The minimum absolute atomic E-state index is 0.206. The standard InChI is InChI=1S/C9H20N2O4S/c1-16(14,15)11-8-4-7-10-6-3-2-5-9(12)13/h10-11H,2-8H2,1H3,(H,12,13). The summed E-state index contributed by atoms with van der Waals surface area (Å²) in [6.45, 7) is 1.93. The molecule has 0 saturated carbocycles. The van der Waals surface area contributed by atoms with Crippen LogP contribution < -0.4 is 10.0 Å². The number of hydrogen-bond acceptors (Lipinski definition) is 4. The van der Waals surface area contributed by atoms with E-state index in [9.17, 15) is 13.2 Å². The van der Waals surface area contributed by atoms with E-state index in [0.29, 0.717) is 13.0 Å². The van der Waals surface area contributed by atoms with Gasteiger partial charge in [0.15, 0.2) is 0 Å². The maximum atomic E-state index is 10.7. The quantitative estimate of drug-likeness (QED) is 0.467. The molecule has 0 spiro atoms. The van der Waals surface area contributed by atoms with E-state index in [1.165, 1.54) is 0 Å². The van der Waals surface area contributed by atoms with E-state index in [2.05, 4.69) is 10.0 Å². The van der Waals surface area contributed by atoms with Gasteiger partial charge in [-0.05, 0) is 32.4 Å². The summed E-state index contributed by atoms with van der Waals surface area (Å²) in [5.74, 6) is -0.766. The first-order chi connectivity index (χ1) is 7.42. The first-order valence-corrected chi connectivity index (χ1v) is 7.18. The molecule has 0 fully saturated rings. The van der Waals surface area contributed by atoms with Crippen LogP contribution in [-0.2, 0) is 14.8 Å². The van der Waals surface area contributed by atoms with Crippen LogP contribution in [0.15, 0.2) is 0 Å². The third-order valence-electron chi connectivity index (χ3n) is 1.89. The number of nitrogens with one attached hydrogen (secondary N) is 2.